The molecule has 0 fully saturated rings. The minimum Gasteiger partial charge on any atom is -0.490 e. The van der Waals surface area contributed by atoms with Gasteiger partial charge >= 0.3 is 0 Å². The number of ether oxygens (including phenoxy) is 2. The van der Waals surface area contributed by atoms with Crippen LogP contribution in [0, 0.1) is 5.41 Å². The summed E-state index contributed by atoms with van der Waals surface area (Å²) in [4.78, 5) is 0. The Balaban J connectivity index is 2.70. The molecule has 0 aliphatic rings. The summed E-state index contributed by atoms with van der Waals surface area (Å²) in [5.74, 6) is 0.823. The Labute approximate surface area is 124 Å². The van der Waals surface area contributed by atoms with Gasteiger partial charge < -0.3 is 15.2 Å². The maximum Gasteiger partial charge on any atom is 0.133 e. The third-order valence-electron chi connectivity index (χ3n) is 2.76. The molecule has 0 aliphatic heterocycles. The molecule has 1 aromatic carbocycles. The van der Waals surface area contributed by atoms with Gasteiger partial charge in [-0.2, -0.15) is 0 Å². The molecule has 1 unspecified atom stereocenters. The molecular formula is C15H24BrNO2. The fraction of sp³-hybridized carbons (Fsp3) is 0.600. The average molecular weight is 330 g/mol. The first-order valence-electron chi connectivity index (χ1n) is 6.50. The van der Waals surface area contributed by atoms with Gasteiger partial charge in [-0.15, -0.1) is 0 Å². The van der Waals surface area contributed by atoms with E-state index in [2.05, 4.69) is 36.7 Å². The van der Waals surface area contributed by atoms with Crippen molar-refractivity contribution >= 4 is 15.9 Å². The van der Waals surface area contributed by atoms with Gasteiger partial charge in [0, 0.05) is 13.2 Å². The second kappa shape index (κ2) is 7.27. The lowest BCUT2D eigenvalue weighted by molar-refractivity contribution is 0.146. The Kier molecular flexibility index (Phi) is 6.30. The molecule has 0 aromatic heterocycles. The summed E-state index contributed by atoms with van der Waals surface area (Å²) in [6, 6.07) is 6.07. The van der Waals surface area contributed by atoms with Crippen LogP contribution >= 0.6 is 15.9 Å². The van der Waals surface area contributed by atoms with Crippen LogP contribution in [0.1, 0.15) is 38.8 Å². The van der Waals surface area contributed by atoms with Crippen LogP contribution < -0.4 is 10.5 Å². The maximum absolute atomic E-state index is 6.24. The van der Waals surface area contributed by atoms with E-state index in [1.807, 2.05) is 18.2 Å². The highest BCUT2D eigenvalue weighted by Crippen LogP contribution is 2.32. The number of methoxy groups -OCH3 is 1. The standard InChI is InChI=1S/C15H24BrNO2/c1-15(2,3)10-13(17)11-5-6-14(12(16)9-11)19-8-7-18-4/h5-6,9,13H,7-8,10,17H2,1-4H3. The molecule has 1 atom stereocenters. The summed E-state index contributed by atoms with van der Waals surface area (Å²) in [7, 11) is 1.66. The predicted molar refractivity (Wildman–Crippen MR) is 82.5 cm³/mol. The average Bonchev–Trinajstić information content (AvgIpc) is 2.29. The molecule has 3 nitrogen and oxygen atoms in total. The third-order valence-corrected chi connectivity index (χ3v) is 3.38. The van der Waals surface area contributed by atoms with Crippen LogP contribution in [0.4, 0.5) is 0 Å². The fourth-order valence-corrected chi connectivity index (χ4v) is 2.39. The zero-order valence-corrected chi connectivity index (χ0v) is 13.8. The van der Waals surface area contributed by atoms with Gasteiger partial charge in [-0.25, -0.2) is 0 Å². The Morgan fingerprint density at radius 2 is 1.95 bits per heavy atom. The summed E-state index contributed by atoms with van der Waals surface area (Å²) in [6.07, 6.45) is 0.948. The smallest absolute Gasteiger partial charge is 0.133 e. The van der Waals surface area contributed by atoms with Crippen LogP contribution in [0.5, 0.6) is 5.75 Å². The molecule has 0 aliphatic carbocycles. The zero-order chi connectivity index (χ0) is 14.5. The Morgan fingerprint density at radius 3 is 2.47 bits per heavy atom. The van der Waals surface area contributed by atoms with Crippen molar-refractivity contribution in [3.8, 4) is 5.75 Å². The topological polar surface area (TPSA) is 44.5 Å². The first kappa shape index (κ1) is 16.5. The van der Waals surface area contributed by atoms with E-state index in [0.29, 0.717) is 13.2 Å². The van der Waals surface area contributed by atoms with Crippen molar-refractivity contribution in [1.82, 2.24) is 0 Å². The van der Waals surface area contributed by atoms with Crippen LogP contribution in [0.15, 0.2) is 22.7 Å². The van der Waals surface area contributed by atoms with Gasteiger partial charge in [-0.05, 0) is 45.5 Å². The lowest BCUT2D eigenvalue weighted by atomic mass is 9.86. The van der Waals surface area contributed by atoms with Gasteiger partial charge in [0.05, 0.1) is 11.1 Å². The van der Waals surface area contributed by atoms with E-state index >= 15 is 0 Å². The van der Waals surface area contributed by atoms with E-state index in [4.69, 9.17) is 15.2 Å². The number of hydrogen-bond donors (Lipinski definition) is 1. The first-order valence-corrected chi connectivity index (χ1v) is 7.29. The van der Waals surface area contributed by atoms with Crippen molar-refractivity contribution in [3.63, 3.8) is 0 Å². The maximum atomic E-state index is 6.24. The molecule has 2 N–H and O–H groups in total. The van der Waals surface area contributed by atoms with Crippen LogP contribution in [0.2, 0.25) is 0 Å². The van der Waals surface area contributed by atoms with Gasteiger partial charge in [0.2, 0.25) is 0 Å². The van der Waals surface area contributed by atoms with E-state index in [-0.39, 0.29) is 11.5 Å². The number of benzene rings is 1. The normalized spacial score (nSPS) is 13.4. The van der Waals surface area contributed by atoms with Crippen molar-refractivity contribution in [2.45, 2.75) is 33.2 Å². The molecule has 1 rings (SSSR count). The Bertz CT molecular complexity index is 402. The van der Waals surface area contributed by atoms with Crippen LogP contribution in [0.25, 0.3) is 0 Å². The molecule has 0 amide bonds. The van der Waals surface area contributed by atoms with Gasteiger partial charge in [-0.3, -0.25) is 0 Å². The van der Waals surface area contributed by atoms with E-state index in [1.165, 1.54) is 0 Å². The minimum absolute atomic E-state index is 0.0457. The Morgan fingerprint density at radius 1 is 1.26 bits per heavy atom. The van der Waals surface area contributed by atoms with Crippen LogP contribution in [-0.4, -0.2) is 20.3 Å². The number of nitrogens with two attached hydrogens (primary N) is 1. The van der Waals surface area contributed by atoms with Gasteiger partial charge in [0.1, 0.15) is 12.4 Å². The molecule has 0 saturated heterocycles. The van der Waals surface area contributed by atoms with Crippen molar-refractivity contribution < 1.29 is 9.47 Å². The molecule has 108 valence electrons. The SMILES string of the molecule is COCCOc1ccc(C(N)CC(C)(C)C)cc1Br. The quantitative estimate of drug-likeness (QED) is 0.804. The molecule has 0 spiro atoms. The summed E-state index contributed by atoms with van der Waals surface area (Å²) in [5, 5.41) is 0. The summed E-state index contributed by atoms with van der Waals surface area (Å²) in [6.45, 7) is 7.72. The van der Waals surface area contributed by atoms with Crippen molar-refractivity contribution in [2.24, 2.45) is 11.1 Å². The van der Waals surface area contributed by atoms with Crippen molar-refractivity contribution in [1.29, 1.82) is 0 Å². The van der Waals surface area contributed by atoms with E-state index in [9.17, 15) is 0 Å². The van der Waals surface area contributed by atoms with Crippen LogP contribution in [0.3, 0.4) is 0 Å². The highest BCUT2D eigenvalue weighted by Gasteiger charge is 2.17. The monoisotopic (exact) mass is 329 g/mol. The largest absolute Gasteiger partial charge is 0.490 e. The second-order valence-corrected chi connectivity index (χ2v) is 6.76. The van der Waals surface area contributed by atoms with Crippen molar-refractivity contribution in [2.75, 3.05) is 20.3 Å². The van der Waals surface area contributed by atoms with E-state index in [1.54, 1.807) is 7.11 Å². The van der Waals surface area contributed by atoms with E-state index in [0.717, 1.165) is 22.2 Å². The minimum atomic E-state index is 0.0457. The molecule has 0 heterocycles. The lowest BCUT2D eigenvalue weighted by Gasteiger charge is -2.23. The van der Waals surface area contributed by atoms with Crippen LogP contribution in [-0.2, 0) is 4.74 Å². The van der Waals surface area contributed by atoms with Gasteiger partial charge in [-0.1, -0.05) is 26.8 Å². The first-order chi connectivity index (χ1) is 8.83. The van der Waals surface area contributed by atoms with Crippen molar-refractivity contribution in [3.05, 3.63) is 28.2 Å². The molecule has 0 bridgehead atoms. The zero-order valence-electron chi connectivity index (χ0n) is 12.2. The third kappa shape index (κ3) is 5.93. The molecule has 0 saturated carbocycles. The number of halogens is 1. The number of rotatable bonds is 6. The summed E-state index contributed by atoms with van der Waals surface area (Å²) >= 11 is 3.53. The predicted octanol–water partition coefficient (Wildman–Crippen LogP) is 3.91. The molecule has 0 radical (unpaired) electrons. The fourth-order valence-electron chi connectivity index (χ4n) is 1.88. The lowest BCUT2D eigenvalue weighted by Crippen LogP contribution is -2.18. The molecule has 1 aromatic rings. The Hall–Kier alpha value is -0.580. The van der Waals surface area contributed by atoms with Gasteiger partial charge in [0.15, 0.2) is 0 Å². The molecule has 19 heavy (non-hydrogen) atoms. The highest BCUT2D eigenvalue weighted by atomic mass is 79.9. The summed E-state index contributed by atoms with van der Waals surface area (Å²) < 4.78 is 11.5. The highest BCUT2D eigenvalue weighted by molar-refractivity contribution is 9.10. The van der Waals surface area contributed by atoms with Gasteiger partial charge in [0.25, 0.3) is 0 Å². The molecule has 4 heteroatoms. The number of hydrogen-bond acceptors (Lipinski definition) is 3. The van der Waals surface area contributed by atoms with E-state index < -0.39 is 0 Å². The second-order valence-electron chi connectivity index (χ2n) is 5.90. The summed E-state index contributed by atoms with van der Waals surface area (Å²) in [5.41, 5.74) is 7.59. The molecular weight excluding hydrogens is 306 g/mol.